The highest BCUT2D eigenvalue weighted by atomic mass is 32.2. The van der Waals surface area contributed by atoms with Crippen molar-refractivity contribution in [2.24, 2.45) is 5.73 Å². The summed E-state index contributed by atoms with van der Waals surface area (Å²) in [5, 5.41) is 0. The first-order chi connectivity index (χ1) is 6.66. The van der Waals surface area contributed by atoms with E-state index < -0.39 is 10.2 Å². The Labute approximate surface area is 97.2 Å². The number of nitrogens with two attached hydrogens (primary N) is 1. The normalized spacial score (nSPS) is 14.5. The third kappa shape index (κ3) is 5.41. The van der Waals surface area contributed by atoms with Crippen LogP contribution in [0.5, 0.6) is 0 Å². The van der Waals surface area contributed by atoms with Crippen LogP contribution in [0.15, 0.2) is 0 Å². The predicted molar refractivity (Wildman–Crippen MR) is 65.8 cm³/mol. The Morgan fingerprint density at radius 3 is 2.27 bits per heavy atom. The van der Waals surface area contributed by atoms with Gasteiger partial charge in [0, 0.05) is 25.6 Å². The van der Waals surface area contributed by atoms with Crippen molar-refractivity contribution in [2.75, 3.05) is 7.05 Å². The van der Waals surface area contributed by atoms with Crippen molar-refractivity contribution in [1.29, 1.82) is 0 Å². The molecular weight excluding hydrogens is 234 g/mol. The maximum atomic E-state index is 11.7. The molecule has 0 rings (SSSR count). The molecule has 0 aromatic heterocycles. The highest BCUT2D eigenvalue weighted by Crippen LogP contribution is 2.03. The molecule has 1 unspecified atom stereocenters. The lowest BCUT2D eigenvalue weighted by atomic mass is 10.3. The third-order valence-electron chi connectivity index (χ3n) is 1.96. The maximum absolute atomic E-state index is 11.7. The summed E-state index contributed by atoms with van der Waals surface area (Å²) in [4.78, 5) is 0.303. The van der Waals surface area contributed by atoms with Gasteiger partial charge in [-0.1, -0.05) is 12.2 Å². The van der Waals surface area contributed by atoms with Crippen LogP contribution in [0, 0.1) is 0 Å². The maximum Gasteiger partial charge on any atom is 0.279 e. The summed E-state index contributed by atoms with van der Waals surface area (Å²) in [7, 11) is -1.91. The minimum Gasteiger partial charge on any atom is -0.393 e. The number of thiocarbonyl (C=S) groups is 1. The van der Waals surface area contributed by atoms with Crippen molar-refractivity contribution in [2.45, 2.75) is 39.3 Å². The van der Waals surface area contributed by atoms with E-state index in [2.05, 4.69) is 4.72 Å². The molecule has 3 N–H and O–H groups in total. The molecule has 0 aliphatic rings. The summed E-state index contributed by atoms with van der Waals surface area (Å²) in [6, 6.07) is -0.367. The molecule has 90 valence electrons. The molecule has 0 spiro atoms. The van der Waals surface area contributed by atoms with Crippen molar-refractivity contribution in [3.63, 3.8) is 0 Å². The van der Waals surface area contributed by atoms with Crippen LogP contribution in [0.25, 0.3) is 0 Å². The molecule has 7 heteroatoms. The van der Waals surface area contributed by atoms with Gasteiger partial charge in [-0.15, -0.1) is 0 Å². The number of hydrogen-bond acceptors (Lipinski definition) is 3. The smallest absolute Gasteiger partial charge is 0.279 e. The molecule has 0 saturated carbocycles. The molecule has 0 heterocycles. The van der Waals surface area contributed by atoms with Crippen LogP contribution in [-0.4, -0.2) is 36.8 Å². The third-order valence-corrected chi connectivity index (χ3v) is 4.01. The zero-order chi connectivity index (χ0) is 12.2. The van der Waals surface area contributed by atoms with Gasteiger partial charge in [0.05, 0.1) is 4.99 Å². The Morgan fingerprint density at radius 2 is 1.93 bits per heavy atom. The van der Waals surface area contributed by atoms with Gasteiger partial charge in [0.1, 0.15) is 0 Å². The van der Waals surface area contributed by atoms with E-state index >= 15 is 0 Å². The van der Waals surface area contributed by atoms with E-state index in [1.165, 1.54) is 11.4 Å². The Kier molecular flexibility index (Phi) is 5.65. The highest BCUT2D eigenvalue weighted by molar-refractivity contribution is 7.87. The van der Waals surface area contributed by atoms with Crippen LogP contribution in [-0.2, 0) is 10.2 Å². The van der Waals surface area contributed by atoms with Gasteiger partial charge in [0.15, 0.2) is 0 Å². The average molecular weight is 253 g/mol. The molecule has 5 nitrogen and oxygen atoms in total. The predicted octanol–water partition coefficient (Wildman–Crippen LogP) is 0.226. The number of nitrogens with zero attached hydrogens (tertiary/aromatic N) is 1. The van der Waals surface area contributed by atoms with Crippen LogP contribution in [0.2, 0.25) is 0 Å². The first-order valence-electron chi connectivity index (χ1n) is 4.70. The van der Waals surface area contributed by atoms with Crippen molar-refractivity contribution in [3.8, 4) is 0 Å². The van der Waals surface area contributed by atoms with E-state index in [0.717, 1.165) is 0 Å². The fraction of sp³-hybridized carbons (Fsp3) is 0.875. The van der Waals surface area contributed by atoms with Gasteiger partial charge in [-0.05, 0) is 20.8 Å². The molecule has 0 aromatic rings. The second-order valence-electron chi connectivity index (χ2n) is 3.80. The molecular formula is C8H19N3O2S2. The summed E-state index contributed by atoms with van der Waals surface area (Å²) in [5.41, 5.74) is 5.33. The van der Waals surface area contributed by atoms with Crippen LogP contribution in [0.3, 0.4) is 0 Å². The molecule has 0 radical (unpaired) electrons. The fourth-order valence-electron chi connectivity index (χ4n) is 0.958. The summed E-state index contributed by atoms with van der Waals surface area (Å²) in [5.74, 6) is 0. The first-order valence-corrected chi connectivity index (χ1v) is 6.55. The quantitative estimate of drug-likeness (QED) is 0.664. The highest BCUT2D eigenvalue weighted by Gasteiger charge is 2.22. The zero-order valence-electron chi connectivity index (χ0n) is 9.52. The van der Waals surface area contributed by atoms with Gasteiger partial charge in [-0.3, -0.25) is 0 Å². The Hall–Kier alpha value is -0.240. The largest absolute Gasteiger partial charge is 0.393 e. The molecule has 1 atom stereocenters. The van der Waals surface area contributed by atoms with E-state index in [-0.39, 0.29) is 12.1 Å². The lowest BCUT2D eigenvalue weighted by molar-refractivity contribution is 0.398. The second-order valence-corrected chi connectivity index (χ2v) is 6.09. The molecule has 0 fully saturated rings. The van der Waals surface area contributed by atoms with E-state index in [0.29, 0.717) is 11.4 Å². The monoisotopic (exact) mass is 253 g/mol. The summed E-state index contributed by atoms with van der Waals surface area (Å²) in [6.07, 6.45) is 0.362. The van der Waals surface area contributed by atoms with Gasteiger partial charge < -0.3 is 5.73 Å². The topological polar surface area (TPSA) is 75.4 Å². The Bertz CT molecular complexity index is 314. The van der Waals surface area contributed by atoms with Crippen LogP contribution >= 0.6 is 12.2 Å². The first kappa shape index (κ1) is 14.8. The molecule has 0 amide bonds. The SMILES string of the molecule is CC(CC(N)=S)NS(=O)(=O)N(C)C(C)C. The molecule has 15 heavy (non-hydrogen) atoms. The second kappa shape index (κ2) is 5.74. The van der Waals surface area contributed by atoms with Crippen molar-refractivity contribution >= 4 is 27.4 Å². The van der Waals surface area contributed by atoms with E-state index in [4.69, 9.17) is 18.0 Å². The van der Waals surface area contributed by atoms with Gasteiger partial charge in [-0.25, -0.2) is 0 Å². The van der Waals surface area contributed by atoms with Crippen LogP contribution < -0.4 is 10.5 Å². The standard InChI is InChI=1S/C8H19N3O2S2/c1-6(2)11(4)15(12,13)10-7(3)5-8(9)14/h6-7,10H,5H2,1-4H3,(H2,9,14). The van der Waals surface area contributed by atoms with Crippen LogP contribution in [0.4, 0.5) is 0 Å². The summed E-state index contributed by atoms with van der Waals surface area (Å²) < 4.78 is 27.2. The number of nitrogens with one attached hydrogen (secondary N) is 1. The molecule has 0 aliphatic carbocycles. The Morgan fingerprint density at radius 1 is 1.47 bits per heavy atom. The number of hydrogen-bond donors (Lipinski definition) is 2. The van der Waals surface area contributed by atoms with Gasteiger partial charge in [-0.2, -0.15) is 17.4 Å². The van der Waals surface area contributed by atoms with Gasteiger partial charge in [0.2, 0.25) is 0 Å². The van der Waals surface area contributed by atoms with Crippen molar-refractivity contribution in [1.82, 2.24) is 9.03 Å². The zero-order valence-corrected chi connectivity index (χ0v) is 11.2. The molecule has 0 aromatic carbocycles. The van der Waals surface area contributed by atoms with Crippen LogP contribution in [0.1, 0.15) is 27.2 Å². The minimum atomic E-state index is -3.44. The van der Waals surface area contributed by atoms with Crippen molar-refractivity contribution < 1.29 is 8.42 Å². The molecule has 0 aliphatic heterocycles. The molecule has 0 bridgehead atoms. The average Bonchev–Trinajstić information content (AvgIpc) is 1.99. The van der Waals surface area contributed by atoms with Gasteiger partial charge in [0.25, 0.3) is 10.2 Å². The van der Waals surface area contributed by atoms with E-state index in [9.17, 15) is 8.42 Å². The Balaban J connectivity index is 4.45. The fourth-order valence-corrected chi connectivity index (χ4v) is 2.52. The lowest BCUT2D eigenvalue weighted by Crippen LogP contribution is -2.46. The minimum absolute atomic E-state index is 0.0838. The van der Waals surface area contributed by atoms with Gasteiger partial charge >= 0.3 is 0 Å². The summed E-state index contributed by atoms with van der Waals surface area (Å²) in [6.45, 7) is 5.33. The summed E-state index contributed by atoms with van der Waals surface area (Å²) >= 11 is 4.71. The van der Waals surface area contributed by atoms with E-state index in [1.54, 1.807) is 20.8 Å². The lowest BCUT2D eigenvalue weighted by Gasteiger charge is -2.23. The molecule has 0 saturated heterocycles. The van der Waals surface area contributed by atoms with E-state index in [1.807, 2.05) is 0 Å². The number of rotatable bonds is 6. The van der Waals surface area contributed by atoms with Crippen molar-refractivity contribution in [3.05, 3.63) is 0 Å².